The molecule has 0 fully saturated rings. The molecule has 4 N–H and O–H groups in total. The highest BCUT2D eigenvalue weighted by molar-refractivity contribution is 8.08. The Balaban J connectivity index is 5.27. The van der Waals surface area contributed by atoms with Crippen LogP contribution in [0.25, 0.3) is 0 Å². The summed E-state index contributed by atoms with van der Waals surface area (Å²) in [6.45, 7) is 0. The van der Waals surface area contributed by atoms with E-state index in [9.17, 15) is 20.4 Å². The van der Waals surface area contributed by atoms with E-state index >= 15 is 0 Å². The van der Waals surface area contributed by atoms with Gasteiger partial charge in [0.1, 0.15) is 0 Å². The van der Waals surface area contributed by atoms with Crippen LogP contribution in [0.1, 0.15) is 0 Å². The van der Waals surface area contributed by atoms with E-state index < -0.39 is 34.2 Å². The van der Waals surface area contributed by atoms with E-state index in [0.29, 0.717) is 10.5 Å². The summed E-state index contributed by atoms with van der Waals surface area (Å²) in [5.74, 6) is 11.9. The van der Waals surface area contributed by atoms with Crippen molar-refractivity contribution in [3.05, 3.63) is 0 Å². The summed E-state index contributed by atoms with van der Waals surface area (Å²) >= 11 is 13.7. The maximum atomic E-state index is 9.88. The van der Waals surface area contributed by atoms with Crippen LogP contribution < -0.4 is 0 Å². The highest BCUT2D eigenvalue weighted by atomic mass is 32.2. The van der Waals surface area contributed by atoms with Crippen LogP contribution in [0.5, 0.6) is 0 Å². The summed E-state index contributed by atoms with van der Waals surface area (Å²) in [4.78, 5) is 0. The van der Waals surface area contributed by atoms with Gasteiger partial charge in [-0.3, -0.25) is 0 Å². The molecule has 0 spiro atoms. The van der Waals surface area contributed by atoms with Crippen molar-refractivity contribution >= 4 is 117 Å². The Morgan fingerprint density at radius 2 is 0.755 bits per heavy atom. The van der Waals surface area contributed by atoms with Crippen molar-refractivity contribution in [1.29, 1.82) is 0 Å². The van der Waals surface area contributed by atoms with Crippen LogP contribution in [0.3, 0.4) is 0 Å². The molecule has 320 valence electrons. The van der Waals surface area contributed by atoms with Crippen molar-refractivity contribution < 1.29 is 55.8 Å². The molecule has 0 aromatic rings. The smallest absolute Gasteiger partial charge is 0.415 e. The van der Waals surface area contributed by atoms with Gasteiger partial charge in [-0.25, -0.2) is 0 Å². The Hall–Kier alpha value is 2.84. The summed E-state index contributed by atoms with van der Waals surface area (Å²) in [5, 5.41) is 40.2. The van der Waals surface area contributed by atoms with Crippen LogP contribution in [0, 0.1) is 0 Å². The Morgan fingerprint density at radius 1 is 0.377 bits per heavy atom. The Bertz CT molecular complexity index is 748. The van der Waals surface area contributed by atoms with E-state index in [0.717, 1.165) is 93.2 Å². The van der Waals surface area contributed by atoms with Gasteiger partial charge >= 0.3 is 25.9 Å². The van der Waals surface area contributed by atoms with E-state index in [1.165, 1.54) is 0 Å². The van der Waals surface area contributed by atoms with Crippen LogP contribution in [0.4, 0.5) is 0 Å². The van der Waals surface area contributed by atoms with Crippen molar-refractivity contribution in [2.75, 3.05) is 151 Å². The largest absolute Gasteiger partial charge is 0.500 e. The standard InChI is InChI=1S/C30H70O12S7Si4/c1-35-50(25-31,26-32)17-13-43-9-11-48-29(21-45-14-18-51(27-33,36-2)37-3)23-47-24-30(22-46-15-19-52(28-34,38-4)39-5)49-12-10-44-16-20-53(40-6,41-7)42-8/h29-34H,9-28H2,1-8H3. The van der Waals surface area contributed by atoms with Crippen LogP contribution in [-0.4, -0.2) is 216 Å². The zero-order valence-corrected chi connectivity index (χ0v) is 42.9. The molecule has 0 aromatic carbocycles. The molecular formula is C30H70O12S7Si4. The first-order chi connectivity index (χ1) is 25.6. The number of hydrogen-bond donors (Lipinski definition) is 4. The fraction of sp³-hybridized carbons (Fsp3) is 1.00. The highest BCUT2D eigenvalue weighted by Crippen LogP contribution is 2.29. The lowest BCUT2D eigenvalue weighted by Gasteiger charge is -2.25. The van der Waals surface area contributed by atoms with Crippen molar-refractivity contribution in [1.82, 2.24) is 0 Å². The van der Waals surface area contributed by atoms with Crippen LogP contribution >= 0.6 is 82.3 Å². The molecule has 0 saturated carbocycles. The number of thioether (sulfide) groups is 7. The molecule has 2 atom stereocenters. The molecule has 0 aliphatic carbocycles. The number of hydrogen-bond acceptors (Lipinski definition) is 19. The maximum Gasteiger partial charge on any atom is 0.500 e. The SMILES string of the molecule is CO[Si](CO)(CO)CCSCCSC(CSCC[Si](CO)(OC)OC)CSCC(CSCC[Si](CO)(OC)OC)SCCSCC[Si](OC)(OC)OC. The first kappa shape index (κ1) is 55.8. The number of aliphatic hydroxyl groups excluding tert-OH is 4. The third-order valence-corrected chi connectivity index (χ3v) is 31.5. The summed E-state index contributed by atoms with van der Waals surface area (Å²) in [6, 6.07) is 3.02. The first-order valence-corrected chi connectivity index (χ1v) is 34.4. The molecule has 53 heavy (non-hydrogen) atoms. The Labute approximate surface area is 355 Å². The lowest BCUT2D eigenvalue weighted by Crippen LogP contribution is -2.47. The second-order valence-electron chi connectivity index (χ2n) is 11.9. The van der Waals surface area contributed by atoms with Gasteiger partial charge in [-0.2, -0.15) is 82.3 Å². The minimum absolute atomic E-state index is 0.0398. The fourth-order valence-electron chi connectivity index (χ4n) is 4.70. The monoisotopic (exact) mass is 958 g/mol. The Morgan fingerprint density at radius 3 is 1.09 bits per heavy atom. The minimum atomic E-state index is -2.55. The molecule has 0 radical (unpaired) electrons. The summed E-state index contributed by atoms with van der Waals surface area (Å²) in [7, 11) is 3.04. The van der Waals surface area contributed by atoms with Gasteiger partial charge in [0.25, 0.3) is 0 Å². The Kier molecular flexibility index (Phi) is 36.4. The molecule has 0 rings (SSSR count). The zero-order valence-electron chi connectivity index (χ0n) is 33.2. The second kappa shape index (κ2) is 34.5. The molecule has 0 aliphatic rings. The average Bonchev–Trinajstić information content (AvgIpc) is 3.21. The predicted octanol–water partition coefficient (Wildman–Crippen LogP) is 3.92. The molecule has 0 amide bonds. The van der Waals surface area contributed by atoms with Crippen LogP contribution in [0.2, 0.25) is 24.2 Å². The maximum absolute atomic E-state index is 9.88. The summed E-state index contributed by atoms with van der Waals surface area (Å²) in [5.41, 5.74) is 0. The van der Waals surface area contributed by atoms with Crippen molar-refractivity contribution in [3.8, 4) is 0 Å². The fourth-order valence-corrected chi connectivity index (χ4v) is 23.7. The summed E-state index contributed by atoms with van der Waals surface area (Å²) < 4.78 is 44.7. The first-order valence-electron chi connectivity index (χ1n) is 17.6. The lowest BCUT2D eigenvalue weighted by molar-refractivity contribution is 0.125. The minimum Gasteiger partial charge on any atom is -0.415 e. The van der Waals surface area contributed by atoms with Gasteiger partial charge in [0.05, 0.1) is 24.9 Å². The van der Waals surface area contributed by atoms with Gasteiger partial charge < -0.3 is 55.8 Å². The number of aliphatic hydroxyl groups is 4. The van der Waals surface area contributed by atoms with Gasteiger partial charge in [-0.15, -0.1) is 0 Å². The molecule has 23 heteroatoms. The highest BCUT2D eigenvalue weighted by Gasteiger charge is 2.37. The zero-order chi connectivity index (χ0) is 39.9. The van der Waals surface area contributed by atoms with Crippen molar-refractivity contribution in [3.63, 3.8) is 0 Å². The van der Waals surface area contributed by atoms with E-state index in [1.54, 1.807) is 56.9 Å². The molecule has 2 unspecified atom stereocenters. The van der Waals surface area contributed by atoms with Crippen molar-refractivity contribution in [2.45, 2.75) is 34.7 Å². The molecule has 0 aromatic heterocycles. The average molecular weight is 960 g/mol. The van der Waals surface area contributed by atoms with Gasteiger partial charge in [0, 0.05) is 132 Å². The van der Waals surface area contributed by atoms with Crippen LogP contribution in [-0.2, 0) is 35.4 Å². The van der Waals surface area contributed by atoms with E-state index in [-0.39, 0.29) is 24.9 Å². The topological polar surface area (TPSA) is 155 Å². The molecule has 0 bridgehead atoms. The van der Waals surface area contributed by atoms with Crippen molar-refractivity contribution in [2.24, 2.45) is 0 Å². The molecular weight excluding hydrogens is 889 g/mol. The third-order valence-electron chi connectivity index (χ3n) is 8.80. The van der Waals surface area contributed by atoms with Gasteiger partial charge in [-0.1, -0.05) is 0 Å². The third kappa shape index (κ3) is 23.4. The van der Waals surface area contributed by atoms with E-state index in [2.05, 4.69) is 0 Å². The van der Waals surface area contributed by atoms with E-state index in [4.69, 9.17) is 35.4 Å². The summed E-state index contributed by atoms with van der Waals surface area (Å²) in [6.07, 6.45) is -0.196. The molecule has 0 saturated heterocycles. The molecule has 0 aliphatic heterocycles. The van der Waals surface area contributed by atoms with Gasteiger partial charge in [0.15, 0.2) is 0 Å². The van der Waals surface area contributed by atoms with Gasteiger partial charge in [-0.05, 0) is 29.1 Å². The molecule has 12 nitrogen and oxygen atoms in total. The molecule has 0 heterocycles. The number of rotatable bonds is 40. The lowest BCUT2D eigenvalue weighted by atomic mass is 10.5. The van der Waals surface area contributed by atoms with E-state index in [1.807, 2.05) is 82.3 Å². The quantitative estimate of drug-likeness (QED) is 0.0518. The second-order valence-corrected chi connectivity index (χ2v) is 34.4. The normalized spacial score (nSPS) is 14.3. The van der Waals surface area contributed by atoms with Crippen LogP contribution in [0.15, 0.2) is 0 Å². The predicted molar refractivity (Wildman–Crippen MR) is 246 cm³/mol. The van der Waals surface area contributed by atoms with Gasteiger partial charge in [0.2, 0.25) is 8.32 Å².